The van der Waals surface area contributed by atoms with E-state index >= 15 is 0 Å². The van der Waals surface area contributed by atoms with Crippen LogP contribution in [0, 0.1) is 11.3 Å². The first kappa shape index (κ1) is 19.3. The second kappa shape index (κ2) is 10.1. The van der Waals surface area contributed by atoms with Gasteiger partial charge in [-0.25, -0.2) is 0 Å². The van der Waals surface area contributed by atoms with Crippen molar-refractivity contribution in [1.82, 2.24) is 5.32 Å². The van der Waals surface area contributed by atoms with E-state index in [9.17, 15) is 4.79 Å². The summed E-state index contributed by atoms with van der Waals surface area (Å²) >= 11 is 0. The quantitative estimate of drug-likeness (QED) is 0.738. The molecule has 0 aromatic heterocycles. The first-order valence-corrected chi connectivity index (χ1v) is 8.84. The van der Waals surface area contributed by atoms with E-state index in [-0.39, 0.29) is 5.91 Å². The van der Waals surface area contributed by atoms with Crippen LogP contribution in [0.1, 0.15) is 48.2 Å². The lowest BCUT2D eigenvalue weighted by molar-refractivity contribution is 0.0950. The van der Waals surface area contributed by atoms with Crippen molar-refractivity contribution < 1.29 is 14.3 Å². The Labute approximate surface area is 154 Å². The molecule has 136 valence electrons. The van der Waals surface area contributed by atoms with Crippen LogP contribution in [0.25, 0.3) is 0 Å². The normalized spacial score (nSPS) is 10.0. The lowest BCUT2D eigenvalue weighted by Gasteiger charge is -2.13. The van der Waals surface area contributed by atoms with Crippen LogP contribution >= 0.6 is 0 Å². The minimum absolute atomic E-state index is 0.183. The van der Waals surface area contributed by atoms with E-state index in [1.54, 1.807) is 30.3 Å². The highest BCUT2D eigenvalue weighted by Crippen LogP contribution is 2.29. The van der Waals surface area contributed by atoms with Gasteiger partial charge in [0.25, 0.3) is 5.91 Å². The second-order valence-corrected chi connectivity index (χ2v) is 5.85. The van der Waals surface area contributed by atoms with Gasteiger partial charge in [0, 0.05) is 12.1 Å². The van der Waals surface area contributed by atoms with E-state index in [2.05, 4.69) is 11.4 Å². The molecule has 0 saturated carbocycles. The Morgan fingerprint density at radius 1 is 1.00 bits per heavy atom. The molecule has 2 rings (SSSR count). The SMILES string of the molecule is CCCOc1ccc(C(=O)NCc2ccc(C#N)cc2)cc1OCCC. The van der Waals surface area contributed by atoms with Gasteiger partial charge in [-0.3, -0.25) is 4.79 Å². The minimum atomic E-state index is -0.183. The fraction of sp³-hybridized carbons (Fsp3) is 0.333. The average molecular weight is 352 g/mol. The summed E-state index contributed by atoms with van der Waals surface area (Å²) in [6.07, 6.45) is 1.78. The molecule has 0 saturated heterocycles. The Morgan fingerprint density at radius 3 is 2.27 bits per heavy atom. The fourth-order valence-corrected chi connectivity index (χ4v) is 2.29. The van der Waals surface area contributed by atoms with Crippen LogP contribution in [-0.4, -0.2) is 19.1 Å². The van der Waals surface area contributed by atoms with Crippen LogP contribution in [0.3, 0.4) is 0 Å². The summed E-state index contributed by atoms with van der Waals surface area (Å²) in [5, 5.41) is 11.7. The number of rotatable bonds is 9. The van der Waals surface area contributed by atoms with E-state index < -0.39 is 0 Å². The predicted octanol–water partition coefficient (Wildman–Crippen LogP) is 4.07. The van der Waals surface area contributed by atoms with Crippen molar-refractivity contribution in [1.29, 1.82) is 5.26 Å². The summed E-state index contributed by atoms with van der Waals surface area (Å²) in [5.74, 6) is 1.06. The minimum Gasteiger partial charge on any atom is -0.490 e. The smallest absolute Gasteiger partial charge is 0.251 e. The maximum atomic E-state index is 12.4. The monoisotopic (exact) mass is 352 g/mol. The first-order chi connectivity index (χ1) is 12.7. The lowest BCUT2D eigenvalue weighted by Crippen LogP contribution is -2.22. The molecule has 1 amide bonds. The number of nitriles is 1. The van der Waals surface area contributed by atoms with E-state index in [4.69, 9.17) is 14.7 Å². The average Bonchev–Trinajstić information content (AvgIpc) is 2.69. The van der Waals surface area contributed by atoms with Gasteiger partial charge in [-0.1, -0.05) is 26.0 Å². The fourth-order valence-electron chi connectivity index (χ4n) is 2.29. The number of carbonyl (C=O) groups is 1. The molecule has 0 fully saturated rings. The van der Waals surface area contributed by atoms with Gasteiger partial charge < -0.3 is 14.8 Å². The lowest BCUT2D eigenvalue weighted by atomic mass is 10.1. The number of carbonyl (C=O) groups excluding carboxylic acids is 1. The maximum Gasteiger partial charge on any atom is 0.251 e. The molecule has 0 heterocycles. The van der Waals surface area contributed by atoms with Crippen LogP contribution in [0.5, 0.6) is 11.5 Å². The summed E-state index contributed by atoms with van der Waals surface area (Å²) < 4.78 is 11.4. The Balaban J connectivity index is 2.05. The number of benzene rings is 2. The number of amides is 1. The van der Waals surface area contributed by atoms with Crippen LogP contribution in [0.2, 0.25) is 0 Å². The number of nitrogens with zero attached hydrogens (tertiary/aromatic N) is 1. The number of ether oxygens (including phenoxy) is 2. The third-order valence-electron chi connectivity index (χ3n) is 3.67. The summed E-state index contributed by atoms with van der Waals surface area (Å²) in [6, 6.07) is 14.4. The molecule has 0 aliphatic carbocycles. The van der Waals surface area contributed by atoms with Crippen molar-refractivity contribution in [3.63, 3.8) is 0 Å². The van der Waals surface area contributed by atoms with Gasteiger partial charge in [0.2, 0.25) is 0 Å². The zero-order valence-electron chi connectivity index (χ0n) is 15.2. The summed E-state index contributed by atoms with van der Waals surface area (Å²) in [5.41, 5.74) is 2.05. The van der Waals surface area contributed by atoms with Gasteiger partial charge in [-0.15, -0.1) is 0 Å². The molecule has 0 radical (unpaired) electrons. The summed E-state index contributed by atoms with van der Waals surface area (Å²) in [6.45, 7) is 5.63. The molecule has 0 aliphatic rings. The molecule has 0 atom stereocenters. The molecule has 0 aliphatic heterocycles. The van der Waals surface area contributed by atoms with E-state index in [0.29, 0.717) is 42.4 Å². The van der Waals surface area contributed by atoms with Crippen molar-refractivity contribution in [3.8, 4) is 17.6 Å². The number of hydrogen-bond acceptors (Lipinski definition) is 4. The standard InChI is InChI=1S/C21H24N2O3/c1-3-11-25-19-10-9-18(13-20(19)26-12-4-2)21(24)23-15-17-7-5-16(14-22)6-8-17/h5-10,13H,3-4,11-12,15H2,1-2H3,(H,23,24). The molecule has 0 bridgehead atoms. The Morgan fingerprint density at radius 2 is 1.65 bits per heavy atom. The zero-order chi connectivity index (χ0) is 18.8. The Kier molecular flexibility index (Phi) is 7.50. The van der Waals surface area contributed by atoms with Crippen molar-refractivity contribution in [2.45, 2.75) is 33.2 Å². The highest BCUT2D eigenvalue weighted by molar-refractivity contribution is 5.94. The molecule has 0 unspecified atom stereocenters. The molecule has 1 N–H and O–H groups in total. The largest absolute Gasteiger partial charge is 0.490 e. The van der Waals surface area contributed by atoms with Gasteiger partial charge in [-0.05, 0) is 48.7 Å². The van der Waals surface area contributed by atoms with Gasteiger partial charge >= 0.3 is 0 Å². The molecule has 2 aromatic carbocycles. The van der Waals surface area contributed by atoms with E-state index in [0.717, 1.165) is 18.4 Å². The first-order valence-electron chi connectivity index (χ1n) is 8.84. The summed E-state index contributed by atoms with van der Waals surface area (Å²) in [7, 11) is 0. The third kappa shape index (κ3) is 5.52. The Bertz CT molecular complexity index is 764. The molecule has 5 nitrogen and oxygen atoms in total. The van der Waals surface area contributed by atoms with Gasteiger partial charge in [0.1, 0.15) is 0 Å². The van der Waals surface area contributed by atoms with Gasteiger partial charge in [-0.2, -0.15) is 5.26 Å². The molecular weight excluding hydrogens is 328 g/mol. The number of hydrogen-bond donors (Lipinski definition) is 1. The highest BCUT2D eigenvalue weighted by atomic mass is 16.5. The van der Waals surface area contributed by atoms with Crippen molar-refractivity contribution in [2.75, 3.05) is 13.2 Å². The molecular formula is C21H24N2O3. The second-order valence-electron chi connectivity index (χ2n) is 5.85. The van der Waals surface area contributed by atoms with Crippen LogP contribution < -0.4 is 14.8 Å². The van der Waals surface area contributed by atoms with E-state index in [1.165, 1.54) is 0 Å². The molecule has 0 spiro atoms. The molecule has 2 aromatic rings. The topological polar surface area (TPSA) is 71.3 Å². The molecule has 26 heavy (non-hydrogen) atoms. The number of nitrogens with one attached hydrogen (secondary N) is 1. The van der Waals surface area contributed by atoms with E-state index in [1.807, 2.05) is 26.0 Å². The highest BCUT2D eigenvalue weighted by Gasteiger charge is 2.12. The Hall–Kier alpha value is -3.00. The summed E-state index contributed by atoms with van der Waals surface area (Å²) in [4.78, 5) is 12.4. The van der Waals surface area contributed by atoms with Gasteiger partial charge in [0.15, 0.2) is 11.5 Å². The maximum absolute atomic E-state index is 12.4. The zero-order valence-corrected chi connectivity index (χ0v) is 15.2. The van der Waals surface area contributed by atoms with Crippen molar-refractivity contribution in [3.05, 3.63) is 59.2 Å². The van der Waals surface area contributed by atoms with Crippen molar-refractivity contribution in [2.24, 2.45) is 0 Å². The third-order valence-corrected chi connectivity index (χ3v) is 3.67. The molecule has 5 heteroatoms. The van der Waals surface area contributed by atoms with Crippen LogP contribution in [0.4, 0.5) is 0 Å². The van der Waals surface area contributed by atoms with Crippen molar-refractivity contribution >= 4 is 5.91 Å². The van der Waals surface area contributed by atoms with Crippen LogP contribution in [0.15, 0.2) is 42.5 Å². The van der Waals surface area contributed by atoms with Gasteiger partial charge in [0.05, 0.1) is 24.8 Å². The van der Waals surface area contributed by atoms with Crippen LogP contribution in [-0.2, 0) is 6.54 Å². The predicted molar refractivity (Wildman–Crippen MR) is 100 cm³/mol.